The lowest BCUT2D eigenvalue weighted by Gasteiger charge is -1.93. The van der Waals surface area contributed by atoms with Crippen molar-refractivity contribution in [1.82, 2.24) is 4.98 Å². The highest BCUT2D eigenvalue weighted by Crippen LogP contribution is 2.17. The number of para-hydroxylation sites is 1. The van der Waals surface area contributed by atoms with Gasteiger partial charge in [-0.05, 0) is 24.6 Å². The number of nitriles is 1. The number of hydrogen-bond acceptors (Lipinski definition) is 2. The molecule has 0 fully saturated rings. The van der Waals surface area contributed by atoms with Crippen molar-refractivity contribution in [1.29, 1.82) is 5.26 Å². The molecule has 0 spiro atoms. The molecule has 14 heavy (non-hydrogen) atoms. The fourth-order valence-electron chi connectivity index (χ4n) is 1.49. The van der Waals surface area contributed by atoms with Crippen LogP contribution < -0.4 is 5.73 Å². The molecule has 0 aliphatic carbocycles. The van der Waals surface area contributed by atoms with Crippen molar-refractivity contribution in [2.24, 2.45) is 5.73 Å². The van der Waals surface area contributed by atoms with E-state index >= 15 is 0 Å². The van der Waals surface area contributed by atoms with Crippen LogP contribution in [0.4, 0.5) is 0 Å². The lowest BCUT2D eigenvalue weighted by atomic mass is 10.1. The Morgan fingerprint density at radius 3 is 2.71 bits per heavy atom. The molecule has 0 atom stereocenters. The van der Waals surface area contributed by atoms with Crippen molar-refractivity contribution in [2.45, 2.75) is 6.42 Å². The lowest BCUT2D eigenvalue weighted by Crippen LogP contribution is -2.01. The van der Waals surface area contributed by atoms with Crippen LogP contribution in [0.2, 0.25) is 0 Å². The number of H-pyrrole nitrogens is 1. The molecule has 3 N–H and O–H groups in total. The molecule has 0 aliphatic heterocycles. The third kappa shape index (κ3) is 1.93. The van der Waals surface area contributed by atoms with Gasteiger partial charge < -0.3 is 10.7 Å². The number of nitrogens with two attached hydrogens (primary N) is 1. The summed E-state index contributed by atoms with van der Waals surface area (Å²) in [6, 6.07) is 8.29. The van der Waals surface area contributed by atoms with E-state index in [1.54, 1.807) is 0 Å². The van der Waals surface area contributed by atoms with Crippen LogP contribution in [0.1, 0.15) is 5.56 Å². The van der Waals surface area contributed by atoms with Gasteiger partial charge in [-0.1, -0.05) is 18.2 Å². The molecule has 72 valence electrons. The Morgan fingerprint density at radius 1 is 1.29 bits per heavy atom. The molecule has 3 nitrogen and oxygen atoms in total. The number of rotatable bonds is 2. The minimum atomic E-state index is 0.710. The monoisotopic (exact) mass is 187 g/mol. The van der Waals surface area contributed by atoms with Crippen LogP contribution in [-0.2, 0) is 6.42 Å². The Labute approximate surface area is 83.2 Å². The summed E-state index contributed by atoms with van der Waals surface area (Å²) in [5, 5.41) is 7.79. The van der Waals surface area contributed by atoms with Crippen molar-refractivity contribution < 1.29 is 0 Å². The maximum atomic E-state index is 6.50. The minimum absolute atomic E-state index is 0.710. The van der Waals surface area contributed by atoms with Crippen molar-refractivity contribution in [3.8, 4) is 6.57 Å². The summed E-state index contributed by atoms with van der Waals surface area (Å²) in [5.74, 6) is 0. The van der Waals surface area contributed by atoms with Crippen LogP contribution in [0.25, 0.3) is 10.9 Å². The second-order valence-electron chi connectivity index (χ2n) is 2.90. The van der Waals surface area contributed by atoms with Crippen LogP contribution in [-0.4, -0.2) is 11.5 Å². The van der Waals surface area contributed by atoms with Gasteiger partial charge in [0.25, 0.3) is 0 Å². The van der Waals surface area contributed by atoms with Crippen molar-refractivity contribution >= 4 is 10.9 Å². The van der Waals surface area contributed by atoms with E-state index < -0.39 is 0 Å². The van der Waals surface area contributed by atoms with Crippen LogP contribution in [0.5, 0.6) is 0 Å². The van der Waals surface area contributed by atoms with Gasteiger partial charge in [0, 0.05) is 23.7 Å². The second kappa shape index (κ2) is 5.05. The van der Waals surface area contributed by atoms with E-state index in [1.165, 1.54) is 16.5 Å². The molecule has 0 aliphatic rings. The Kier molecular flexibility index (Phi) is 3.71. The van der Waals surface area contributed by atoms with Gasteiger partial charge in [0.15, 0.2) is 0 Å². The fraction of sp³-hybridized carbons (Fsp3) is 0.182. The maximum absolute atomic E-state index is 6.50. The first-order chi connectivity index (χ1) is 6.92. The second-order valence-corrected chi connectivity index (χ2v) is 2.90. The molecule has 3 heteroatoms. The van der Waals surface area contributed by atoms with Gasteiger partial charge in [0.05, 0.1) is 0 Å². The Bertz CT molecular complexity index is 414. The zero-order chi connectivity index (χ0) is 10.4. The molecule has 0 amide bonds. The van der Waals surface area contributed by atoms with Crippen LogP contribution in [0, 0.1) is 11.8 Å². The third-order valence-electron chi connectivity index (χ3n) is 2.09. The predicted molar refractivity (Wildman–Crippen MR) is 57.7 cm³/mol. The largest absolute Gasteiger partial charge is 0.361 e. The average Bonchev–Trinajstić information content (AvgIpc) is 2.66. The van der Waals surface area contributed by atoms with Gasteiger partial charge in [-0.2, -0.15) is 0 Å². The molecule has 1 aromatic carbocycles. The molecular weight excluding hydrogens is 174 g/mol. The zero-order valence-electron chi connectivity index (χ0n) is 7.90. The molecule has 0 saturated heterocycles. The van der Waals surface area contributed by atoms with Crippen LogP contribution in [0.3, 0.4) is 0 Å². The topological polar surface area (TPSA) is 65.6 Å². The van der Waals surface area contributed by atoms with Crippen LogP contribution in [0.15, 0.2) is 30.5 Å². The normalized spacial score (nSPS) is 9.36. The predicted octanol–water partition coefficient (Wildman–Crippen LogP) is 1.81. The van der Waals surface area contributed by atoms with Gasteiger partial charge in [-0.15, -0.1) is 0 Å². The molecule has 1 aromatic heterocycles. The fourth-order valence-corrected chi connectivity index (χ4v) is 1.49. The summed E-state index contributed by atoms with van der Waals surface area (Å²) in [6.45, 7) is 4.21. The summed E-state index contributed by atoms with van der Waals surface area (Å²) in [4.78, 5) is 3.22. The quantitative estimate of drug-likeness (QED) is 0.753. The van der Waals surface area contributed by atoms with E-state index in [2.05, 4.69) is 29.8 Å². The van der Waals surface area contributed by atoms with Gasteiger partial charge >= 0.3 is 0 Å². The van der Waals surface area contributed by atoms with E-state index in [1.807, 2.05) is 12.3 Å². The SMILES string of the molecule is C#N.NCCc1c[nH]c2ccccc12. The molecule has 0 radical (unpaired) electrons. The summed E-state index contributed by atoms with van der Waals surface area (Å²) < 4.78 is 0. The van der Waals surface area contributed by atoms with E-state index in [9.17, 15) is 0 Å². The maximum Gasteiger partial charge on any atom is 0.0462 e. The minimum Gasteiger partial charge on any atom is -0.361 e. The van der Waals surface area contributed by atoms with Crippen LogP contribution >= 0.6 is 0 Å². The molecule has 0 bridgehead atoms. The summed E-state index contributed by atoms with van der Waals surface area (Å²) in [7, 11) is 0. The Morgan fingerprint density at radius 2 is 2.00 bits per heavy atom. The molecular formula is C11H13N3. The number of aromatic amines is 1. The summed E-state index contributed by atoms with van der Waals surface area (Å²) in [5.41, 5.74) is 8.01. The van der Waals surface area contributed by atoms with E-state index in [4.69, 9.17) is 11.0 Å². The van der Waals surface area contributed by atoms with Gasteiger partial charge in [-0.3, -0.25) is 0 Å². The van der Waals surface area contributed by atoms with Crippen molar-refractivity contribution in [2.75, 3.05) is 6.54 Å². The number of nitrogens with zero attached hydrogens (tertiary/aromatic N) is 1. The first-order valence-corrected chi connectivity index (χ1v) is 4.42. The summed E-state index contributed by atoms with van der Waals surface area (Å²) in [6.07, 6.45) is 2.99. The van der Waals surface area contributed by atoms with Crippen molar-refractivity contribution in [3.05, 3.63) is 36.0 Å². The highest BCUT2D eigenvalue weighted by Gasteiger charge is 1.99. The molecule has 1 heterocycles. The standard InChI is InChI=1S/C10H12N2.CHN/c11-6-5-8-7-12-10-4-2-1-3-9(8)10;1-2/h1-4,7,12H,5-6,11H2;1H. The number of hydrogen-bond donors (Lipinski definition) is 2. The van der Waals surface area contributed by atoms with E-state index in [0.29, 0.717) is 6.54 Å². The molecule has 2 aromatic rings. The van der Waals surface area contributed by atoms with E-state index in [-0.39, 0.29) is 0 Å². The summed E-state index contributed by atoms with van der Waals surface area (Å²) >= 11 is 0. The molecule has 0 saturated carbocycles. The van der Waals surface area contributed by atoms with Gasteiger partial charge in [0.2, 0.25) is 0 Å². The number of nitrogens with one attached hydrogen (secondary N) is 1. The lowest BCUT2D eigenvalue weighted by molar-refractivity contribution is 0.976. The van der Waals surface area contributed by atoms with Gasteiger partial charge in [0.1, 0.15) is 0 Å². The Hall–Kier alpha value is -1.79. The number of aromatic nitrogens is 1. The average molecular weight is 187 g/mol. The molecule has 0 unspecified atom stereocenters. The number of benzene rings is 1. The third-order valence-corrected chi connectivity index (χ3v) is 2.09. The smallest absolute Gasteiger partial charge is 0.0462 e. The highest BCUT2D eigenvalue weighted by atomic mass is 14.7. The zero-order valence-corrected chi connectivity index (χ0v) is 7.90. The van der Waals surface area contributed by atoms with E-state index in [0.717, 1.165) is 6.42 Å². The Balaban J connectivity index is 0.000000461. The molecule has 2 rings (SSSR count). The van der Waals surface area contributed by atoms with Gasteiger partial charge in [-0.25, -0.2) is 5.26 Å². The number of fused-ring (bicyclic) bond motifs is 1. The first kappa shape index (κ1) is 10.3. The van der Waals surface area contributed by atoms with Crippen molar-refractivity contribution in [3.63, 3.8) is 0 Å². The first-order valence-electron chi connectivity index (χ1n) is 4.42. The highest BCUT2D eigenvalue weighted by molar-refractivity contribution is 5.82.